The second-order valence-electron chi connectivity index (χ2n) is 6.86. The Morgan fingerprint density at radius 2 is 2.07 bits per heavy atom. The summed E-state index contributed by atoms with van der Waals surface area (Å²) in [6.07, 6.45) is 4.65. The van der Waals surface area contributed by atoms with E-state index < -0.39 is 6.23 Å². The summed E-state index contributed by atoms with van der Waals surface area (Å²) in [6.45, 7) is 1.73. The largest absolute Gasteiger partial charge is 0.355 e. The van der Waals surface area contributed by atoms with E-state index >= 15 is 0 Å². The number of carbonyl (C=O) groups excluding carboxylic acids is 1. The van der Waals surface area contributed by atoms with Gasteiger partial charge in [0.25, 0.3) is 5.91 Å². The average molecular weight is 418 g/mol. The first-order valence-electron chi connectivity index (χ1n) is 9.50. The Balaban J connectivity index is 1.34. The molecule has 0 bridgehead atoms. The van der Waals surface area contributed by atoms with Crippen molar-refractivity contribution < 1.29 is 9.53 Å². The van der Waals surface area contributed by atoms with Crippen LogP contribution >= 0.6 is 11.3 Å². The van der Waals surface area contributed by atoms with Crippen LogP contribution in [0.5, 0.6) is 0 Å². The Morgan fingerprint density at radius 3 is 2.90 bits per heavy atom. The monoisotopic (exact) mass is 418 g/mol. The molecule has 1 unspecified atom stereocenters. The lowest BCUT2D eigenvalue weighted by atomic mass is 10.1. The van der Waals surface area contributed by atoms with E-state index in [9.17, 15) is 4.79 Å². The minimum Gasteiger partial charge on any atom is -0.355 e. The van der Waals surface area contributed by atoms with Crippen LogP contribution in [0.4, 0.5) is 5.82 Å². The maximum absolute atomic E-state index is 12.4. The van der Waals surface area contributed by atoms with Gasteiger partial charge in [0.05, 0.1) is 13.2 Å². The minimum atomic E-state index is -0.412. The van der Waals surface area contributed by atoms with Crippen molar-refractivity contribution in [1.82, 2.24) is 25.5 Å². The number of aromatic nitrogens is 4. The van der Waals surface area contributed by atoms with Gasteiger partial charge in [0, 0.05) is 41.6 Å². The molecule has 1 atom stereocenters. The number of nitrogens with zero attached hydrogens (tertiary/aromatic N) is 5. The molecule has 9 heteroatoms. The summed E-state index contributed by atoms with van der Waals surface area (Å²) in [6, 6.07) is 11.6. The summed E-state index contributed by atoms with van der Waals surface area (Å²) >= 11 is 1.51. The van der Waals surface area contributed by atoms with Gasteiger partial charge in [-0.1, -0.05) is 23.5 Å². The first-order valence-corrected chi connectivity index (χ1v) is 10.4. The SMILES string of the molecule is O=C(NC1CN(c2cc3cc(-c4nncs4)ccc3cn2)CCO1)c1ccncc1. The topological polar surface area (TPSA) is 93.1 Å². The first kappa shape index (κ1) is 18.6. The third kappa shape index (κ3) is 3.85. The summed E-state index contributed by atoms with van der Waals surface area (Å²) in [5, 5.41) is 14.0. The predicted octanol–water partition coefficient (Wildman–Crippen LogP) is 2.74. The molecule has 1 amide bonds. The van der Waals surface area contributed by atoms with E-state index in [1.54, 1.807) is 30.0 Å². The fourth-order valence-corrected chi connectivity index (χ4v) is 3.96. The van der Waals surface area contributed by atoms with E-state index in [1.165, 1.54) is 11.3 Å². The number of benzene rings is 1. The first-order chi connectivity index (χ1) is 14.8. The highest BCUT2D eigenvalue weighted by Crippen LogP contribution is 2.27. The highest BCUT2D eigenvalue weighted by molar-refractivity contribution is 7.12. The minimum absolute atomic E-state index is 0.183. The molecule has 4 aromatic rings. The second-order valence-corrected chi connectivity index (χ2v) is 7.70. The average Bonchev–Trinajstić information content (AvgIpc) is 3.34. The van der Waals surface area contributed by atoms with Gasteiger partial charge in [0.15, 0.2) is 0 Å². The molecule has 4 heterocycles. The van der Waals surface area contributed by atoms with Gasteiger partial charge < -0.3 is 15.0 Å². The van der Waals surface area contributed by atoms with Crippen molar-refractivity contribution in [2.45, 2.75) is 6.23 Å². The van der Waals surface area contributed by atoms with Gasteiger partial charge in [0.1, 0.15) is 22.6 Å². The molecule has 1 N–H and O–H groups in total. The molecular formula is C21H18N6O2S. The van der Waals surface area contributed by atoms with Crippen LogP contribution in [-0.4, -0.2) is 52.0 Å². The molecule has 0 aliphatic carbocycles. The van der Waals surface area contributed by atoms with E-state index in [0.717, 1.165) is 27.2 Å². The number of nitrogens with one attached hydrogen (secondary N) is 1. The van der Waals surface area contributed by atoms with Crippen LogP contribution in [0.15, 0.2) is 60.5 Å². The zero-order valence-corrected chi connectivity index (χ0v) is 16.7. The lowest BCUT2D eigenvalue weighted by Crippen LogP contribution is -2.51. The Hall–Kier alpha value is -3.43. The summed E-state index contributed by atoms with van der Waals surface area (Å²) in [5.41, 5.74) is 3.32. The molecule has 0 radical (unpaired) electrons. The number of amides is 1. The number of hydrogen-bond acceptors (Lipinski definition) is 8. The smallest absolute Gasteiger partial charge is 0.253 e. The number of rotatable bonds is 4. The van der Waals surface area contributed by atoms with Gasteiger partial charge in [-0.15, -0.1) is 10.2 Å². The zero-order valence-electron chi connectivity index (χ0n) is 15.9. The van der Waals surface area contributed by atoms with Crippen LogP contribution in [0.2, 0.25) is 0 Å². The Labute approximate surface area is 176 Å². The predicted molar refractivity (Wildman–Crippen MR) is 114 cm³/mol. The fourth-order valence-electron chi connectivity index (χ4n) is 3.41. The van der Waals surface area contributed by atoms with Crippen molar-refractivity contribution in [1.29, 1.82) is 0 Å². The number of anilines is 1. The third-order valence-electron chi connectivity index (χ3n) is 4.94. The van der Waals surface area contributed by atoms with Crippen molar-refractivity contribution in [3.8, 4) is 10.6 Å². The van der Waals surface area contributed by atoms with Crippen molar-refractivity contribution in [2.75, 3.05) is 24.6 Å². The van der Waals surface area contributed by atoms with E-state index in [1.807, 2.05) is 18.3 Å². The number of hydrogen-bond donors (Lipinski definition) is 1. The number of ether oxygens (including phenoxy) is 1. The maximum Gasteiger partial charge on any atom is 0.253 e. The molecule has 30 heavy (non-hydrogen) atoms. The van der Waals surface area contributed by atoms with Crippen molar-refractivity contribution in [3.05, 3.63) is 66.1 Å². The molecular weight excluding hydrogens is 400 g/mol. The lowest BCUT2D eigenvalue weighted by Gasteiger charge is -2.34. The number of pyridine rings is 2. The molecule has 8 nitrogen and oxygen atoms in total. The lowest BCUT2D eigenvalue weighted by molar-refractivity contribution is 0.0180. The number of morpholine rings is 1. The normalized spacial score (nSPS) is 16.5. The standard InChI is InChI=1S/C21H18N6O2S/c28-20(14-3-5-22-6-4-14)25-19-12-27(7-8-29-19)18-10-17-9-15(21-26-24-13-30-21)1-2-16(17)11-23-18/h1-6,9-11,13,19H,7-8,12H2,(H,25,28). The van der Waals surface area contributed by atoms with Crippen LogP contribution < -0.4 is 10.2 Å². The highest BCUT2D eigenvalue weighted by Gasteiger charge is 2.23. The van der Waals surface area contributed by atoms with Gasteiger partial charge in [0.2, 0.25) is 0 Å². The summed E-state index contributed by atoms with van der Waals surface area (Å²) < 4.78 is 5.75. The van der Waals surface area contributed by atoms with E-state index in [0.29, 0.717) is 25.3 Å². The molecule has 1 aromatic carbocycles. The quantitative estimate of drug-likeness (QED) is 0.545. The second kappa shape index (κ2) is 8.13. The Kier molecular flexibility index (Phi) is 5.04. The molecule has 1 fully saturated rings. The molecule has 1 aliphatic rings. The molecule has 0 spiro atoms. The van der Waals surface area contributed by atoms with Gasteiger partial charge in [-0.2, -0.15) is 0 Å². The van der Waals surface area contributed by atoms with Crippen molar-refractivity contribution in [3.63, 3.8) is 0 Å². The molecule has 3 aromatic heterocycles. The fraction of sp³-hybridized carbons (Fsp3) is 0.190. The molecule has 0 saturated carbocycles. The summed E-state index contributed by atoms with van der Waals surface area (Å²) in [4.78, 5) is 23.1. The van der Waals surface area contributed by atoms with Gasteiger partial charge in [-0.3, -0.25) is 9.78 Å². The molecule has 1 saturated heterocycles. The third-order valence-corrected chi connectivity index (χ3v) is 5.68. The van der Waals surface area contributed by atoms with Crippen LogP contribution in [0.3, 0.4) is 0 Å². The van der Waals surface area contributed by atoms with E-state index in [2.05, 4.69) is 42.5 Å². The van der Waals surface area contributed by atoms with Gasteiger partial charge in [-0.05, 0) is 29.7 Å². The van der Waals surface area contributed by atoms with Crippen molar-refractivity contribution in [2.24, 2.45) is 0 Å². The Bertz CT molecular complexity index is 1170. The summed E-state index contributed by atoms with van der Waals surface area (Å²) in [7, 11) is 0. The van der Waals surface area contributed by atoms with E-state index in [-0.39, 0.29) is 5.91 Å². The highest BCUT2D eigenvalue weighted by atomic mass is 32.1. The molecule has 150 valence electrons. The molecule has 5 rings (SSSR count). The van der Waals surface area contributed by atoms with Crippen LogP contribution in [-0.2, 0) is 4.74 Å². The van der Waals surface area contributed by atoms with Gasteiger partial charge >= 0.3 is 0 Å². The van der Waals surface area contributed by atoms with Crippen LogP contribution in [0, 0.1) is 0 Å². The number of carbonyl (C=O) groups is 1. The Morgan fingerprint density at radius 1 is 1.17 bits per heavy atom. The van der Waals surface area contributed by atoms with Crippen molar-refractivity contribution >= 4 is 33.8 Å². The van der Waals surface area contributed by atoms with E-state index in [4.69, 9.17) is 4.74 Å². The molecule has 1 aliphatic heterocycles. The van der Waals surface area contributed by atoms with Crippen LogP contribution in [0.25, 0.3) is 21.3 Å². The number of fused-ring (bicyclic) bond motifs is 1. The summed E-state index contributed by atoms with van der Waals surface area (Å²) in [5.74, 6) is 0.667. The van der Waals surface area contributed by atoms with Gasteiger partial charge in [-0.25, -0.2) is 4.98 Å². The maximum atomic E-state index is 12.4. The van der Waals surface area contributed by atoms with Crippen LogP contribution in [0.1, 0.15) is 10.4 Å². The zero-order chi connectivity index (χ0) is 20.3.